The third kappa shape index (κ3) is 4.58. The highest BCUT2D eigenvalue weighted by Gasteiger charge is 2.21. The highest BCUT2D eigenvalue weighted by molar-refractivity contribution is 7.99. The van der Waals surface area contributed by atoms with Crippen LogP contribution >= 0.6 is 34.7 Å². The maximum absolute atomic E-state index is 12.9. The number of rotatable bonds is 3. The van der Waals surface area contributed by atoms with Crippen molar-refractivity contribution >= 4 is 52.0 Å². The van der Waals surface area contributed by atoms with Gasteiger partial charge in [0.1, 0.15) is 0 Å². The van der Waals surface area contributed by atoms with Crippen molar-refractivity contribution in [2.24, 2.45) is 4.99 Å². The summed E-state index contributed by atoms with van der Waals surface area (Å²) in [5, 5.41) is 2.05. The first-order chi connectivity index (χ1) is 15.2. The van der Waals surface area contributed by atoms with Crippen molar-refractivity contribution in [3.05, 3.63) is 74.9 Å². The smallest absolute Gasteiger partial charge is 0.265 e. The molecular weight excluding hydrogens is 446 g/mol. The molecule has 2 aromatic carbocycles. The molecular formula is C24H22ClN3OS2. The number of nitrogens with zero attached hydrogens (tertiary/aromatic N) is 2. The van der Waals surface area contributed by atoms with Gasteiger partial charge in [0.05, 0.1) is 20.6 Å². The number of hydrogen-bond donors (Lipinski definition) is 1. The van der Waals surface area contributed by atoms with Crippen LogP contribution in [0.3, 0.4) is 0 Å². The van der Waals surface area contributed by atoms with Crippen molar-refractivity contribution in [1.82, 2.24) is 10.4 Å². The molecule has 7 heteroatoms. The molecule has 2 aliphatic rings. The molecule has 0 unspecified atom stereocenters. The number of hydrazine groups is 1. The van der Waals surface area contributed by atoms with Crippen LogP contribution in [0.5, 0.6) is 0 Å². The fraction of sp³-hybridized carbons (Fsp3) is 0.250. The topological polar surface area (TPSA) is 44.7 Å². The van der Waals surface area contributed by atoms with Gasteiger partial charge in [-0.2, -0.15) is 0 Å². The Hall–Kier alpha value is -2.12. The SMILES string of the molecule is O=C(NN1CCCCCC1)c1ccc2c(c1)N=C(c1ccc(Cl)s1)c1ccccc1S2. The van der Waals surface area contributed by atoms with E-state index in [0.717, 1.165) is 61.9 Å². The van der Waals surface area contributed by atoms with Gasteiger partial charge in [-0.1, -0.05) is 54.4 Å². The molecule has 0 saturated carbocycles. The van der Waals surface area contributed by atoms with E-state index in [1.165, 1.54) is 24.2 Å². The van der Waals surface area contributed by atoms with Crippen LogP contribution in [-0.2, 0) is 0 Å². The number of carbonyl (C=O) groups is 1. The van der Waals surface area contributed by atoms with Crippen molar-refractivity contribution in [3.63, 3.8) is 0 Å². The van der Waals surface area contributed by atoms with E-state index >= 15 is 0 Å². The molecule has 0 spiro atoms. The number of hydrogen-bond acceptors (Lipinski definition) is 5. The summed E-state index contributed by atoms with van der Waals surface area (Å²) in [5.74, 6) is -0.0765. The predicted octanol–water partition coefficient (Wildman–Crippen LogP) is 6.56. The third-order valence-corrected chi connectivity index (χ3v) is 7.87. The first kappa shape index (κ1) is 20.8. The summed E-state index contributed by atoms with van der Waals surface area (Å²) in [6.07, 6.45) is 4.70. The fourth-order valence-corrected chi connectivity index (χ4v) is 5.95. The molecule has 1 aromatic heterocycles. The first-order valence-corrected chi connectivity index (χ1v) is 12.5. The van der Waals surface area contributed by atoms with Gasteiger partial charge in [0.2, 0.25) is 0 Å². The molecule has 3 heterocycles. The lowest BCUT2D eigenvalue weighted by molar-refractivity contribution is 0.0794. The van der Waals surface area contributed by atoms with Crippen LogP contribution in [0, 0.1) is 0 Å². The maximum atomic E-state index is 12.9. The lowest BCUT2D eigenvalue weighted by Gasteiger charge is -2.21. The van der Waals surface area contributed by atoms with E-state index in [1.54, 1.807) is 11.8 Å². The van der Waals surface area contributed by atoms with Gasteiger partial charge in [-0.05, 0) is 49.2 Å². The quantitative estimate of drug-likeness (QED) is 0.371. The minimum atomic E-state index is -0.0765. The Morgan fingerprint density at radius 1 is 0.968 bits per heavy atom. The second-order valence-electron chi connectivity index (χ2n) is 7.69. The molecule has 1 N–H and O–H groups in total. The van der Waals surface area contributed by atoms with Crippen molar-refractivity contribution in [2.75, 3.05) is 13.1 Å². The van der Waals surface area contributed by atoms with Crippen molar-refractivity contribution in [3.8, 4) is 0 Å². The van der Waals surface area contributed by atoms with E-state index in [1.807, 2.05) is 47.5 Å². The number of nitrogens with one attached hydrogen (secondary N) is 1. The van der Waals surface area contributed by atoms with Gasteiger partial charge in [0.25, 0.3) is 5.91 Å². The molecule has 1 fully saturated rings. The maximum Gasteiger partial charge on any atom is 0.265 e. The van der Waals surface area contributed by atoms with Crippen LogP contribution in [0.1, 0.15) is 46.5 Å². The summed E-state index contributed by atoms with van der Waals surface area (Å²) in [6, 6.07) is 18.0. The number of amides is 1. The number of halogens is 1. The van der Waals surface area contributed by atoms with Crippen LogP contribution in [0.4, 0.5) is 5.69 Å². The molecule has 4 nitrogen and oxygen atoms in total. The summed E-state index contributed by atoms with van der Waals surface area (Å²) >= 11 is 9.42. The van der Waals surface area contributed by atoms with E-state index in [4.69, 9.17) is 16.6 Å². The van der Waals surface area contributed by atoms with Crippen molar-refractivity contribution in [1.29, 1.82) is 0 Å². The van der Waals surface area contributed by atoms with Crippen LogP contribution < -0.4 is 5.43 Å². The molecule has 5 rings (SSSR count). The summed E-state index contributed by atoms with van der Waals surface area (Å²) in [4.78, 5) is 21.2. The molecule has 0 aliphatic carbocycles. The monoisotopic (exact) mass is 467 g/mol. The number of aliphatic imine (C=N–C) groups is 1. The normalized spacial score (nSPS) is 16.5. The molecule has 31 heavy (non-hydrogen) atoms. The van der Waals surface area contributed by atoms with Gasteiger partial charge < -0.3 is 0 Å². The minimum absolute atomic E-state index is 0.0765. The van der Waals surface area contributed by atoms with Crippen LogP contribution in [0.2, 0.25) is 4.34 Å². The first-order valence-electron chi connectivity index (χ1n) is 10.5. The standard InChI is InChI=1S/C24H22ClN3OS2/c25-22-12-11-21(31-22)23-17-7-3-4-8-19(17)30-20-10-9-16(15-18(20)26-23)24(29)27-28-13-5-1-2-6-14-28/h3-4,7-12,15H,1-2,5-6,13-14H2,(H,27,29). The van der Waals surface area contributed by atoms with Gasteiger partial charge in [-0.25, -0.2) is 10.0 Å². The van der Waals surface area contributed by atoms with Gasteiger partial charge >= 0.3 is 0 Å². The number of carbonyl (C=O) groups excluding carboxylic acids is 1. The summed E-state index contributed by atoms with van der Waals surface area (Å²) in [5.41, 5.74) is 6.49. The summed E-state index contributed by atoms with van der Waals surface area (Å²) in [6.45, 7) is 1.81. The lowest BCUT2D eigenvalue weighted by atomic mass is 10.1. The largest absolute Gasteiger partial charge is 0.285 e. The average Bonchev–Trinajstić information content (AvgIpc) is 2.97. The number of fused-ring (bicyclic) bond motifs is 2. The van der Waals surface area contributed by atoms with E-state index in [2.05, 4.69) is 17.6 Å². The Bertz CT molecular complexity index is 1150. The van der Waals surface area contributed by atoms with Crippen LogP contribution in [-0.4, -0.2) is 29.7 Å². The molecule has 2 aliphatic heterocycles. The second kappa shape index (κ2) is 9.17. The number of benzene rings is 2. The highest BCUT2D eigenvalue weighted by Crippen LogP contribution is 2.42. The Balaban J connectivity index is 1.50. The van der Waals surface area contributed by atoms with Crippen molar-refractivity contribution in [2.45, 2.75) is 35.5 Å². The zero-order valence-corrected chi connectivity index (χ0v) is 19.3. The van der Waals surface area contributed by atoms with Gasteiger partial charge in [-0.15, -0.1) is 11.3 Å². The Kier molecular flexibility index (Phi) is 6.14. The lowest BCUT2D eigenvalue weighted by Crippen LogP contribution is -2.42. The summed E-state index contributed by atoms with van der Waals surface area (Å²) < 4.78 is 0.734. The molecule has 1 amide bonds. The van der Waals surface area contributed by atoms with Gasteiger partial charge in [-0.3, -0.25) is 10.2 Å². The molecule has 158 valence electrons. The highest BCUT2D eigenvalue weighted by atomic mass is 35.5. The molecule has 0 bridgehead atoms. The van der Waals surface area contributed by atoms with Gasteiger partial charge in [0.15, 0.2) is 0 Å². The Morgan fingerprint density at radius 2 is 1.77 bits per heavy atom. The predicted molar refractivity (Wildman–Crippen MR) is 129 cm³/mol. The number of thiophene rings is 1. The average molecular weight is 468 g/mol. The molecule has 0 radical (unpaired) electrons. The molecule has 3 aromatic rings. The van der Waals surface area contributed by atoms with Gasteiger partial charge in [0, 0.05) is 34.0 Å². The minimum Gasteiger partial charge on any atom is -0.285 e. The van der Waals surface area contributed by atoms with Crippen molar-refractivity contribution < 1.29 is 4.79 Å². The van der Waals surface area contributed by atoms with E-state index in [0.29, 0.717) is 5.56 Å². The summed E-state index contributed by atoms with van der Waals surface area (Å²) in [7, 11) is 0. The van der Waals surface area contributed by atoms with E-state index < -0.39 is 0 Å². The second-order valence-corrected chi connectivity index (χ2v) is 10.5. The Labute approximate surface area is 195 Å². The van der Waals surface area contributed by atoms with Crippen LogP contribution in [0.25, 0.3) is 0 Å². The third-order valence-electron chi connectivity index (χ3n) is 5.49. The zero-order valence-electron chi connectivity index (χ0n) is 16.9. The van der Waals surface area contributed by atoms with Crippen LogP contribution in [0.15, 0.2) is 69.4 Å². The fourth-order valence-electron chi connectivity index (χ4n) is 3.90. The van der Waals surface area contributed by atoms with E-state index in [9.17, 15) is 4.79 Å². The Morgan fingerprint density at radius 3 is 2.55 bits per heavy atom. The van der Waals surface area contributed by atoms with E-state index in [-0.39, 0.29) is 5.91 Å². The molecule has 0 atom stereocenters. The zero-order chi connectivity index (χ0) is 21.2. The molecule has 1 saturated heterocycles.